The van der Waals surface area contributed by atoms with Crippen molar-refractivity contribution < 1.29 is 14.0 Å². The highest BCUT2D eigenvalue weighted by Gasteiger charge is 2.03. The summed E-state index contributed by atoms with van der Waals surface area (Å²) in [7, 11) is 0. The zero-order chi connectivity index (χ0) is 11.8. The van der Waals surface area contributed by atoms with Gasteiger partial charge in [0.25, 0.3) is 0 Å². The Kier molecular flexibility index (Phi) is 6.29. The van der Waals surface area contributed by atoms with Crippen molar-refractivity contribution in [2.24, 2.45) is 0 Å². The molecule has 0 spiro atoms. The van der Waals surface area contributed by atoms with E-state index >= 15 is 0 Å². The monoisotopic (exact) mass is 231 g/mol. The van der Waals surface area contributed by atoms with E-state index in [-0.39, 0.29) is 17.0 Å². The van der Waals surface area contributed by atoms with Crippen LogP contribution in [0.25, 0.3) is 0 Å². The van der Waals surface area contributed by atoms with Crippen LogP contribution >= 0.6 is 11.6 Å². The molecule has 1 amide bonds. The van der Waals surface area contributed by atoms with Gasteiger partial charge < -0.3 is 10.1 Å². The van der Waals surface area contributed by atoms with E-state index < -0.39 is 5.83 Å². The van der Waals surface area contributed by atoms with Gasteiger partial charge in [0.15, 0.2) is 0 Å². The van der Waals surface area contributed by atoms with E-state index in [1.165, 1.54) is 6.08 Å². The summed E-state index contributed by atoms with van der Waals surface area (Å²) in [6.07, 6.45) is 2.14. The molecule has 15 heavy (non-hydrogen) atoms. The summed E-state index contributed by atoms with van der Waals surface area (Å²) < 4.78 is 12.8. The highest BCUT2D eigenvalue weighted by Crippen LogP contribution is 2.18. The van der Waals surface area contributed by atoms with Crippen LogP contribution in [-0.2, 0) is 9.59 Å². The van der Waals surface area contributed by atoms with Gasteiger partial charge in [0.05, 0.1) is 5.03 Å². The number of rotatable bonds is 6. The molecule has 3 nitrogen and oxygen atoms in total. The summed E-state index contributed by atoms with van der Waals surface area (Å²) in [5.41, 5.74) is 0.457. The molecule has 0 aromatic heterocycles. The van der Waals surface area contributed by atoms with Crippen molar-refractivity contribution in [1.82, 2.24) is 5.32 Å². The predicted octanol–water partition coefficient (Wildman–Crippen LogP) is 2.20. The molecule has 0 aliphatic heterocycles. The Morgan fingerprint density at radius 2 is 2.13 bits per heavy atom. The molecule has 0 fully saturated rings. The molecular weight excluding hydrogens is 221 g/mol. The zero-order valence-corrected chi connectivity index (χ0v) is 8.97. The quantitative estimate of drug-likeness (QED) is 0.563. The second-order valence-corrected chi connectivity index (χ2v) is 3.09. The number of carbonyl (C=O) groups excluding carboxylic acids is 2. The van der Waals surface area contributed by atoms with Crippen molar-refractivity contribution in [3.05, 3.63) is 34.8 Å². The molecule has 0 aromatic rings. The number of amides is 1. The van der Waals surface area contributed by atoms with Crippen molar-refractivity contribution in [3.63, 3.8) is 0 Å². The van der Waals surface area contributed by atoms with Crippen LogP contribution in [0.15, 0.2) is 34.8 Å². The minimum Gasteiger partial charge on any atom is -0.331 e. The lowest BCUT2D eigenvalue weighted by Crippen LogP contribution is -2.08. The van der Waals surface area contributed by atoms with Crippen molar-refractivity contribution >= 4 is 24.3 Å². The highest BCUT2D eigenvalue weighted by atomic mass is 35.5. The molecular formula is C10H11ClFNO2. The Morgan fingerprint density at radius 3 is 2.53 bits per heavy atom. The normalized spacial score (nSPS) is 12.9. The van der Waals surface area contributed by atoms with E-state index in [4.69, 9.17) is 11.6 Å². The SMILES string of the molecule is C=C(F)/C(=C\C(Cl)=C(/C)NC=O)CC=O. The van der Waals surface area contributed by atoms with Crippen LogP contribution in [0.5, 0.6) is 0 Å². The Labute approximate surface area is 92.3 Å². The number of nitrogens with one attached hydrogen (secondary N) is 1. The third kappa shape index (κ3) is 5.12. The van der Waals surface area contributed by atoms with Crippen LogP contribution in [-0.4, -0.2) is 12.7 Å². The van der Waals surface area contributed by atoms with E-state index in [1.54, 1.807) is 6.92 Å². The van der Waals surface area contributed by atoms with Crippen LogP contribution in [0.4, 0.5) is 4.39 Å². The Hall–Kier alpha value is -1.42. The molecule has 0 aliphatic carbocycles. The van der Waals surface area contributed by atoms with Gasteiger partial charge in [-0.2, -0.15) is 0 Å². The molecule has 0 bridgehead atoms. The second kappa shape index (κ2) is 6.95. The van der Waals surface area contributed by atoms with Gasteiger partial charge in [0, 0.05) is 12.1 Å². The van der Waals surface area contributed by atoms with Gasteiger partial charge in [0.2, 0.25) is 6.41 Å². The second-order valence-electron chi connectivity index (χ2n) is 2.68. The minimum atomic E-state index is -0.723. The molecule has 0 aliphatic rings. The van der Waals surface area contributed by atoms with E-state index in [0.717, 1.165) is 0 Å². The number of aldehydes is 1. The number of carbonyl (C=O) groups is 2. The topological polar surface area (TPSA) is 46.2 Å². The average molecular weight is 232 g/mol. The maximum atomic E-state index is 12.8. The van der Waals surface area contributed by atoms with Gasteiger partial charge in [0.1, 0.15) is 12.1 Å². The highest BCUT2D eigenvalue weighted by molar-refractivity contribution is 6.31. The van der Waals surface area contributed by atoms with Gasteiger partial charge in [-0.25, -0.2) is 4.39 Å². The van der Waals surface area contributed by atoms with Crippen LogP contribution in [0.3, 0.4) is 0 Å². The summed E-state index contributed by atoms with van der Waals surface area (Å²) in [4.78, 5) is 20.3. The first-order valence-corrected chi connectivity index (χ1v) is 4.46. The van der Waals surface area contributed by atoms with Gasteiger partial charge >= 0.3 is 0 Å². The standard InChI is InChI=1S/C10H11ClFNO2/c1-7(12)9(3-4-14)5-10(11)8(2)13-6-15/h4-6H,1,3H2,2H3,(H,13,15)/b9-5-,10-8-. The summed E-state index contributed by atoms with van der Waals surface area (Å²) in [5.74, 6) is -0.723. The summed E-state index contributed by atoms with van der Waals surface area (Å²) >= 11 is 5.74. The molecule has 0 atom stereocenters. The zero-order valence-electron chi connectivity index (χ0n) is 8.22. The average Bonchev–Trinajstić information content (AvgIpc) is 2.17. The summed E-state index contributed by atoms with van der Waals surface area (Å²) in [6, 6.07) is 0. The lowest BCUT2D eigenvalue weighted by molar-refractivity contribution is -0.109. The van der Waals surface area contributed by atoms with E-state index in [2.05, 4.69) is 11.9 Å². The van der Waals surface area contributed by atoms with E-state index in [0.29, 0.717) is 18.4 Å². The van der Waals surface area contributed by atoms with Crippen LogP contribution in [0.2, 0.25) is 0 Å². The fraction of sp³-hybridized carbons (Fsp3) is 0.200. The fourth-order valence-corrected chi connectivity index (χ4v) is 0.943. The van der Waals surface area contributed by atoms with Crippen LogP contribution < -0.4 is 5.32 Å². The minimum absolute atomic E-state index is 0.0852. The molecule has 0 heterocycles. The molecule has 0 rings (SSSR count). The number of allylic oxidation sites excluding steroid dienone is 5. The van der Waals surface area contributed by atoms with Crippen molar-refractivity contribution in [2.75, 3.05) is 0 Å². The molecule has 5 heteroatoms. The molecule has 0 saturated heterocycles. The van der Waals surface area contributed by atoms with E-state index in [1.807, 2.05) is 0 Å². The Balaban J connectivity index is 4.95. The van der Waals surface area contributed by atoms with Crippen molar-refractivity contribution in [2.45, 2.75) is 13.3 Å². The van der Waals surface area contributed by atoms with E-state index in [9.17, 15) is 14.0 Å². The molecule has 1 N–H and O–H groups in total. The van der Waals surface area contributed by atoms with Gasteiger partial charge in [-0.1, -0.05) is 18.2 Å². The Morgan fingerprint density at radius 1 is 1.53 bits per heavy atom. The number of halogens is 2. The number of hydrogen-bond acceptors (Lipinski definition) is 2. The smallest absolute Gasteiger partial charge is 0.211 e. The van der Waals surface area contributed by atoms with Gasteiger partial charge in [-0.15, -0.1) is 0 Å². The van der Waals surface area contributed by atoms with Crippen LogP contribution in [0.1, 0.15) is 13.3 Å². The third-order valence-electron chi connectivity index (χ3n) is 1.59. The molecule has 82 valence electrons. The lowest BCUT2D eigenvalue weighted by Gasteiger charge is -2.02. The molecule has 0 radical (unpaired) electrons. The first kappa shape index (κ1) is 13.6. The molecule has 0 aromatic carbocycles. The van der Waals surface area contributed by atoms with Gasteiger partial charge in [-0.05, 0) is 18.6 Å². The number of hydrogen-bond donors (Lipinski definition) is 1. The Bertz CT molecular complexity index is 334. The van der Waals surface area contributed by atoms with Crippen molar-refractivity contribution in [1.29, 1.82) is 0 Å². The summed E-state index contributed by atoms with van der Waals surface area (Å²) in [5, 5.41) is 2.46. The van der Waals surface area contributed by atoms with Crippen molar-refractivity contribution in [3.8, 4) is 0 Å². The lowest BCUT2D eigenvalue weighted by atomic mass is 10.1. The molecule has 0 saturated carbocycles. The maximum Gasteiger partial charge on any atom is 0.211 e. The predicted molar refractivity (Wildman–Crippen MR) is 56.8 cm³/mol. The first-order valence-electron chi connectivity index (χ1n) is 4.08. The summed E-state index contributed by atoms with van der Waals surface area (Å²) in [6.45, 7) is 4.62. The van der Waals surface area contributed by atoms with Gasteiger partial charge in [-0.3, -0.25) is 4.79 Å². The van der Waals surface area contributed by atoms with Crippen LogP contribution in [0, 0.1) is 0 Å². The molecule has 0 unspecified atom stereocenters. The largest absolute Gasteiger partial charge is 0.331 e. The third-order valence-corrected chi connectivity index (χ3v) is 1.98. The first-order chi connectivity index (χ1) is 7.02. The fourth-order valence-electron chi connectivity index (χ4n) is 0.756. The maximum absolute atomic E-state index is 12.8.